The Morgan fingerprint density at radius 3 is 1.27 bits per heavy atom. The van der Waals surface area contributed by atoms with Crippen LogP contribution in [0.2, 0.25) is 0 Å². The number of hydrogen-bond donors (Lipinski definition) is 0. The molecule has 84 heavy (non-hydrogen) atoms. The third-order valence-corrected chi connectivity index (χ3v) is 18.0. The summed E-state index contributed by atoms with van der Waals surface area (Å²) >= 11 is 0. The second-order valence-corrected chi connectivity index (χ2v) is 22.6. The number of rotatable bonds is 6. The molecule has 0 atom stereocenters. The molecule has 18 aromatic rings. The Hall–Kier alpha value is -11.1. The number of hydrogen-bond acceptors (Lipinski definition) is 2. The Labute approximate surface area is 483 Å². The number of benzene rings is 16. The smallest absolute Gasteiger partial charge is 0.143 e. The molecule has 2 aromatic heterocycles. The fourth-order valence-corrected chi connectivity index (χ4v) is 14.1. The molecule has 0 saturated carbocycles. The fraction of sp³-hybridized carbons (Fsp3) is 0. The lowest BCUT2D eigenvalue weighted by Crippen LogP contribution is -1.92. The maximum absolute atomic E-state index is 7.00. The van der Waals surface area contributed by atoms with Crippen molar-refractivity contribution in [2.45, 2.75) is 0 Å². The summed E-state index contributed by atoms with van der Waals surface area (Å²) in [7, 11) is 0. The molecule has 2 heterocycles. The topological polar surface area (TPSA) is 26.3 Å². The van der Waals surface area contributed by atoms with Gasteiger partial charge in [0.15, 0.2) is 0 Å². The molecule has 0 spiro atoms. The van der Waals surface area contributed by atoms with Crippen LogP contribution >= 0.6 is 0 Å². The summed E-state index contributed by atoms with van der Waals surface area (Å²) in [5.74, 6) is 0. The molecule has 0 radical (unpaired) electrons. The lowest BCUT2D eigenvalue weighted by Gasteiger charge is -2.19. The van der Waals surface area contributed by atoms with Gasteiger partial charge in [0.1, 0.15) is 22.3 Å². The summed E-state index contributed by atoms with van der Waals surface area (Å²) in [6.45, 7) is 0. The predicted molar refractivity (Wildman–Crippen MR) is 356 cm³/mol. The zero-order chi connectivity index (χ0) is 55.0. The van der Waals surface area contributed by atoms with Crippen molar-refractivity contribution < 1.29 is 8.83 Å². The van der Waals surface area contributed by atoms with E-state index in [0.29, 0.717) is 0 Å². The zero-order valence-electron chi connectivity index (χ0n) is 45.5. The van der Waals surface area contributed by atoms with Gasteiger partial charge in [-0.25, -0.2) is 0 Å². The lowest BCUT2D eigenvalue weighted by molar-refractivity contribution is 0.669. The van der Waals surface area contributed by atoms with E-state index < -0.39 is 0 Å². The highest BCUT2D eigenvalue weighted by atomic mass is 16.3. The van der Waals surface area contributed by atoms with E-state index in [2.05, 4.69) is 291 Å². The summed E-state index contributed by atoms with van der Waals surface area (Å²) in [5.41, 5.74) is 17.9. The molecule has 2 nitrogen and oxygen atoms in total. The first kappa shape index (κ1) is 46.7. The maximum atomic E-state index is 7.00. The monoisotopic (exact) mass is 1060 g/mol. The van der Waals surface area contributed by atoms with Crippen molar-refractivity contribution in [2.75, 3.05) is 0 Å². The van der Waals surface area contributed by atoms with E-state index in [4.69, 9.17) is 8.83 Å². The minimum Gasteiger partial charge on any atom is -0.456 e. The van der Waals surface area contributed by atoms with Crippen LogP contribution in [0, 0.1) is 0 Å². The lowest BCUT2D eigenvalue weighted by atomic mass is 9.84. The van der Waals surface area contributed by atoms with Gasteiger partial charge >= 0.3 is 0 Å². The van der Waals surface area contributed by atoms with E-state index in [-0.39, 0.29) is 0 Å². The van der Waals surface area contributed by atoms with Crippen molar-refractivity contribution >= 4 is 119 Å². The van der Waals surface area contributed by atoms with Gasteiger partial charge in [0, 0.05) is 26.9 Å². The Kier molecular flexibility index (Phi) is 10.1. The van der Waals surface area contributed by atoms with Crippen LogP contribution in [-0.4, -0.2) is 0 Å². The molecule has 0 unspecified atom stereocenters. The summed E-state index contributed by atoms with van der Waals surface area (Å²) in [5, 5.41) is 21.4. The van der Waals surface area contributed by atoms with Gasteiger partial charge in [-0.3, -0.25) is 0 Å². The van der Waals surface area contributed by atoms with Gasteiger partial charge in [-0.1, -0.05) is 231 Å². The van der Waals surface area contributed by atoms with E-state index >= 15 is 0 Å². The first-order valence-electron chi connectivity index (χ1n) is 28.9. The molecule has 0 fully saturated rings. The van der Waals surface area contributed by atoms with E-state index in [1.807, 2.05) is 0 Å². The van der Waals surface area contributed by atoms with Gasteiger partial charge < -0.3 is 8.83 Å². The fourth-order valence-electron chi connectivity index (χ4n) is 14.1. The van der Waals surface area contributed by atoms with Gasteiger partial charge in [0.25, 0.3) is 0 Å². The van der Waals surface area contributed by atoms with Crippen LogP contribution < -0.4 is 0 Å². The van der Waals surface area contributed by atoms with Crippen molar-refractivity contribution in [3.05, 3.63) is 291 Å². The largest absolute Gasteiger partial charge is 0.456 e. The molecular formula is C82H48O2. The molecule has 16 aromatic carbocycles. The van der Waals surface area contributed by atoms with Crippen LogP contribution in [0.4, 0.5) is 0 Å². The molecule has 18 rings (SSSR count). The second kappa shape index (κ2) is 18.2. The van der Waals surface area contributed by atoms with E-state index in [1.54, 1.807) is 0 Å². The van der Waals surface area contributed by atoms with E-state index in [9.17, 15) is 0 Å². The second-order valence-electron chi connectivity index (χ2n) is 22.6. The van der Waals surface area contributed by atoms with E-state index in [1.165, 1.54) is 92.8 Å². The molecule has 0 aliphatic rings. The van der Waals surface area contributed by atoms with Gasteiger partial charge in [-0.15, -0.1) is 0 Å². The molecule has 388 valence electrons. The van der Waals surface area contributed by atoms with E-state index in [0.717, 1.165) is 93.2 Å². The van der Waals surface area contributed by atoms with Crippen LogP contribution in [0.3, 0.4) is 0 Å². The minimum absolute atomic E-state index is 0.873. The third kappa shape index (κ3) is 7.11. The molecule has 0 aliphatic carbocycles. The quantitative estimate of drug-likeness (QED) is 0.155. The average Bonchev–Trinajstić information content (AvgIpc) is 3.37. The van der Waals surface area contributed by atoms with Gasteiger partial charge in [-0.05, 0) is 197 Å². The van der Waals surface area contributed by atoms with Crippen LogP contribution in [-0.2, 0) is 0 Å². The molecule has 0 N–H and O–H groups in total. The normalized spacial score (nSPS) is 12.0. The summed E-state index contributed by atoms with van der Waals surface area (Å²) in [6.07, 6.45) is 0. The number of furan rings is 2. The van der Waals surface area contributed by atoms with Crippen LogP contribution in [0.1, 0.15) is 0 Å². The first-order valence-corrected chi connectivity index (χ1v) is 28.9. The zero-order valence-corrected chi connectivity index (χ0v) is 45.5. The molecule has 0 amide bonds. The standard InChI is InChI=1S/C82H48O2/c1-2-17-51(18-3-1)78-64-23-6-8-25-66(64)80(67-26-9-7-24-65(67)78)58-38-40-61-72-41-36-50-32-33-54(44-73(50)82(72)84-76(61)48-58)53-34-35-56-47-77-74(45-59(56)43-53)62-39-37-55(46-75(62)83-77)52-20-14-21-57(42-52)79-68-27-10-12-29-70(68)81(71-30-13-11-28-69(71)79)63-31-15-19-49-16-4-5-22-60(49)63/h1-48H. The minimum atomic E-state index is 0.873. The van der Waals surface area contributed by atoms with Crippen molar-refractivity contribution in [3.8, 4) is 66.8 Å². The number of fused-ring (bicyclic) bond motifs is 14. The van der Waals surface area contributed by atoms with Crippen LogP contribution in [0.15, 0.2) is 300 Å². The SMILES string of the molecule is c1ccc(-c2c3ccccc3c(-c3ccc4c(c3)oc3c5cc(-c6ccc7cc8oc9cc(-c%10cccc(-c%11c%12ccccc%12c(-c%12cccc%13ccccc%12%13)c%12ccccc%11%12)c%10)ccc9c8cc7c6)ccc5ccc43)c3ccccc23)cc1. The Bertz CT molecular complexity index is 5680. The molecule has 0 aliphatic heterocycles. The Morgan fingerprint density at radius 2 is 0.583 bits per heavy atom. The van der Waals surface area contributed by atoms with Gasteiger partial charge in [0.05, 0.1) is 0 Å². The summed E-state index contributed by atoms with van der Waals surface area (Å²) in [4.78, 5) is 0. The molecule has 0 bridgehead atoms. The maximum Gasteiger partial charge on any atom is 0.143 e. The molecule has 2 heteroatoms. The van der Waals surface area contributed by atoms with Crippen LogP contribution in [0.5, 0.6) is 0 Å². The van der Waals surface area contributed by atoms with Gasteiger partial charge in [0.2, 0.25) is 0 Å². The Morgan fingerprint density at radius 1 is 0.167 bits per heavy atom. The highest BCUT2D eigenvalue weighted by molar-refractivity contribution is 6.25. The van der Waals surface area contributed by atoms with Crippen molar-refractivity contribution in [1.29, 1.82) is 0 Å². The van der Waals surface area contributed by atoms with Crippen molar-refractivity contribution in [2.24, 2.45) is 0 Å². The Balaban J connectivity index is 0.702. The molecular weight excluding hydrogens is 1020 g/mol. The summed E-state index contributed by atoms with van der Waals surface area (Å²) < 4.78 is 13.7. The summed E-state index contributed by atoms with van der Waals surface area (Å²) in [6, 6.07) is 107. The average molecular weight is 1070 g/mol. The van der Waals surface area contributed by atoms with Gasteiger partial charge in [-0.2, -0.15) is 0 Å². The van der Waals surface area contributed by atoms with Crippen LogP contribution in [0.25, 0.3) is 186 Å². The first-order chi connectivity index (χ1) is 41.6. The van der Waals surface area contributed by atoms with Crippen molar-refractivity contribution in [3.63, 3.8) is 0 Å². The third-order valence-electron chi connectivity index (χ3n) is 18.0. The predicted octanol–water partition coefficient (Wildman–Crippen LogP) is 23.6. The highest BCUT2D eigenvalue weighted by Gasteiger charge is 2.22. The molecule has 0 saturated heterocycles. The van der Waals surface area contributed by atoms with Crippen molar-refractivity contribution in [1.82, 2.24) is 0 Å². The highest BCUT2D eigenvalue weighted by Crippen LogP contribution is 2.48.